The molecule has 0 spiro atoms. The first-order valence-electron chi connectivity index (χ1n) is 17.4. The fourth-order valence-corrected chi connectivity index (χ4v) is 5.70. The molecule has 0 aliphatic carbocycles. The largest absolute Gasteiger partial charge is 0.459 e. The number of unbranched alkanes of at least 4 members (excludes halogenated alkanes) is 15. The summed E-state index contributed by atoms with van der Waals surface area (Å²) in [5, 5.41) is 1.21. The second-order valence-corrected chi connectivity index (χ2v) is 12.2. The highest BCUT2D eigenvalue weighted by Gasteiger charge is 2.14. The van der Waals surface area contributed by atoms with Crippen molar-refractivity contribution in [3.8, 4) is 0 Å². The molecular weight excluding hydrogens is 546 g/mol. The normalized spacial score (nSPS) is 12.0. The Morgan fingerprint density at radius 2 is 1.25 bits per heavy atom. The highest BCUT2D eigenvalue weighted by molar-refractivity contribution is 5.89. The molecule has 0 saturated heterocycles. The van der Waals surface area contributed by atoms with Crippen molar-refractivity contribution >= 4 is 16.9 Å². The van der Waals surface area contributed by atoms with Crippen molar-refractivity contribution in [3.05, 3.63) is 78.0 Å². The second-order valence-electron chi connectivity index (χ2n) is 12.2. The third-order valence-corrected chi connectivity index (χ3v) is 8.51. The molecule has 1 aromatic heterocycles. The lowest BCUT2D eigenvalue weighted by Crippen LogP contribution is -2.34. The number of carbonyl (C=O) groups excluding carboxylic acids is 1. The van der Waals surface area contributed by atoms with Gasteiger partial charge in [-0.15, -0.1) is 0 Å². The molecule has 0 saturated carbocycles. The van der Waals surface area contributed by atoms with E-state index in [-0.39, 0.29) is 18.7 Å². The number of carbonyl (C=O) groups is 1. The Hall–Kier alpha value is -2.76. The minimum atomic E-state index is -0.339. The molecule has 242 valence electrons. The van der Waals surface area contributed by atoms with Gasteiger partial charge in [0, 0.05) is 36.8 Å². The maximum atomic E-state index is 12.6. The van der Waals surface area contributed by atoms with E-state index < -0.39 is 0 Å². The van der Waals surface area contributed by atoms with Gasteiger partial charge in [-0.1, -0.05) is 128 Å². The Bertz CT molecular complexity index is 1160. The predicted molar refractivity (Wildman–Crippen MR) is 181 cm³/mol. The molecular formula is C39H58NO4+. The zero-order valence-corrected chi connectivity index (χ0v) is 27.7. The Labute approximate surface area is 267 Å². The molecule has 1 unspecified atom stereocenters. The molecule has 0 N–H and O–H groups in total. The topological polar surface area (TPSA) is 48.6 Å². The molecule has 2 aromatic carbocycles. The minimum absolute atomic E-state index is 0.182. The summed E-state index contributed by atoms with van der Waals surface area (Å²) in [5.74, 6) is -0.339. The molecule has 0 aliphatic heterocycles. The molecule has 0 fully saturated rings. The number of pyridine rings is 1. The van der Waals surface area contributed by atoms with Crippen molar-refractivity contribution in [1.82, 2.24) is 0 Å². The Morgan fingerprint density at radius 1 is 0.682 bits per heavy atom. The quantitative estimate of drug-likeness (QED) is 0.0549. The number of rotatable bonds is 25. The SMILES string of the molecule is CCCCCCCCCCCCCCCCCCOCC(COC(=O)c1ccc(C[n+]2cccc3ccccc32)cc1)OC. The number of ether oxygens (including phenoxy) is 3. The summed E-state index contributed by atoms with van der Waals surface area (Å²) in [7, 11) is 1.64. The summed E-state index contributed by atoms with van der Waals surface area (Å²) in [6.07, 6.45) is 23.6. The van der Waals surface area contributed by atoms with Crippen LogP contribution in [0.1, 0.15) is 126 Å². The number of hydrogen-bond acceptors (Lipinski definition) is 4. The lowest BCUT2D eigenvalue weighted by molar-refractivity contribution is -0.662. The van der Waals surface area contributed by atoms with Crippen LogP contribution in [0.2, 0.25) is 0 Å². The molecule has 5 nitrogen and oxygen atoms in total. The van der Waals surface area contributed by atoms with Crippen LogP contribution >= 0.6 is 0 Å². The Balaban J connectivity index is 1.17. The van der Waals surface area contributed by atoms with Crippen LogP contribution in [0, 0.1) is 0 Å². The van der Waals surface area contributed by atoms with E-state index in [9.17, 15) is 4.79 Å². The highest BCUT2D eigenvalue weighted by atomic mass is 16.6. The monoisotopic (exact) mass is 604 g/mol. The standard InChI is InChI=1S/C39H58NO4/c1-3-4-5-6-7-8-9-10-11-12-13-14-15-16-17-20-30-43-32-37(42-2)33-44-39(41)36-27-25-34(26-28-36)31-40-29-21-23-35-22-18-19-24-38(35)40/h18-19,21-29,37H,3-17,20,30-33H2,1-2H3/q+1. The van der Waals surface area contributed by atoms with Gasteiger partial charge in [-0.25, -0.2) is 4.79 Å². The summed E-state index contributed by atoms with van der Waals surface area (Å²) in [6, 6.07) is 20.2. The predicted octanol–water partition coefficient (Wildman–Crippen LogP) is 9.63. The smallest absolute Gasteiger partial charge is 0.338 e. The van der Waals surface area contributed by atoms with E-state index in [2.05, 4.69) is 54.1 Å². The van der Waals surface area contributed by atoms with Gasteiger partial charge < -0.3 is 14.2 Å². The number of fused-ring (bicyclic) bond motifs is 1. The molecule has 0 radical (unpaired) electrons. The highest BCUT2D eigenvalue weighted by Crippen LogP contribution is 2.14. The van der Waals surface area contributed by atoms with Crippen molar-refractivity contribution in [2.75, 3.05) is 26.9 Å². The maximum Gasteiger partial charge on any atom is 0.338 e. The summed E-state index contributed by atoms with van der Waals surface area (Å²) in [6.45, 7) is 4.36. The van der Waals surface area contributed by atoms with Gasteiger partial charge in [0.25, 0.3) is 0 Å². The molecule has 0 aliphatic rings. The summed E-state index contributed by atoms with van der Waals surface area (Å²) in [5.41, 5.74) is 2.85. The van der Waals surface area contributed by atoms with Crippen LogP contribution in [-0.2, 0) is 20.8 Å². The number of hydrogen-bond donors (Lipinski definition) is 0. The zero-order valence-electron chi connectivity index (χ0n) is 27.7. The second kappa shape index (κ2) is 22.7. The fraction of sp³-hybridized carbons (Fsp3) is 0.590. The van der Waals surface area contributed by atoms with Crippen molar-refractivity contribution in [1.29, 1.82) is 0 Å². The third-order valence-electron chi connectivity index (χ3n) is 8.51. The van der Waals surface area contributed by atoms with Crippen molar-refractivity contribution in [3.63, 3.8) is 0 Å². The van der Waals surface area contributed by atoms with Crippen LogP contribution in [-0.4, -0.2) is 39.0 Å². The Kier molecular flexibility index (Phi) is 18.4. The van der Waals surface area contributed by atoms with Crippen LogP contribution in [0.4, 0.5) is 0 Å². The third kappa shape index (κ3) is 14.3. The number of benzene rings is 2. The molecule has 3 aromatic rings. The van der Waals surface area contributed by atoms with E-state index in [0.717, 1.165) is 25.1 Å². The van der Waals surface area contributed by atoms with Gasteiger partial charge in [-0.3, -0.25) is 0 Å². The van der Waals surface area contributed by atoms with Crippen LogP contribution in [0.25, 0.3) is 10.9 Å². The van der Waals surface area contributed by atoms with Gasteiger partial charge in [0.15, 0.2) is 12.7 Å². The van der Waals surface area contributed by atoms with E-state index in [0.29, 0.717) is 12.2 Å². The van der Waals surface area contributed by atoms with Crippen molar-refractivity contribution in [2.24, 2.45) is 0 Å². The average molecular weight is 605 g/mol. The Morgan fingerprint density at radius 3 is 1.86 bits per heavy atom. The molecule has 1 atom stereocenters. The van der Waals surface area contributed by atoms with Crippen molar-refractivity contribution in [2.45, 2.75) is 122 Å². The van der Waals surface area contributed by atoms with Crippen LogP contribution in [0.5, 0.6) is 0 Å². The molecule has 5 heteroatoms. The van der Waals surface area contributed by atoms with Gasteiger partial charge in [-0.2, -0.15) is 4.57 Å². The van der Waals surface area contributed by atoms with Crippen LogP contribution in [0.3, 0.4) is 0 Å². The molecule has 3 rings (SSSR count). The molecule has 1 heterocycles. The van der Waals surface area contributed by atoms with Crippen molar-refractivity contribution < 1.29 is 23.6 Å². The molecule has 44 heavy (non-hydrogen) atoms. The number of esters is 1. The van der Waals surface area contributed by atoms with Crippen LogP contribution < -0.4 is 4.57 Å². The van der Waals surface area contributed by atoms with Gasteiger partial charge in [0.1, 0.15) is 12.7 Å². The lowest BCUT2D eigenvalue weighted by atomic mass is 10.0. The first kappa shape index (κ1) is 35.7. The first-order chi connectivity index (χ1) is 21.7. The number of methoxy groups -OCH3 is 1. The summed E-state index contributed by atoms with van der Waals surface area (Å²) >= 11 is 0. The number of aromatic nitrogens is 1. The minimum Gasteiger partial charge on any atom is -0.459 e. The van der Waals surface area contributed by atoms with Gasteiger partial charge in [-0.05, 0) is 30.7 Å². The van der Waals surface area contributed by atoms with Crippen LogP contribution in [0.15, 0.2) is 66.9 Å². The average Bonchev–Trinajstić information content (AvgIpc) is 3.06. The zero-order chi connectivity index (χ0) is 31.1. The van der Waals surface area contributed by atoms with E-state index in [1.165, 1.54) is 107 Å². The fourth-order valence-electron chi connectivity index (χ4n) is 5.70. The van der Waals surface area contributed by atoms with E-state index in [1.54, 1.807) is 7.11 Å². The van der Waals surface area contributed by atoms with Gasteiger partial charge >= 0.3 is 5.97 Å². The molecule has 0 bridgehead atoms. The number of para-hydroxylation sites is 1. The molecule has 0 amide bonds. The van der Waals surface area contributed by atoms with E-state index in [1.807, 2.05) is 24.3 Å². The summed E-state index contributed by atoms with van der Waals surface area (Å²) in [4.78, 5) is 12.6. The summed E-state index contributed by atoms with van der Waals surface area (Å²) < 4.78 is 19.1. The van der Waals surface area contributed by atoms with E-state index in [4.69, 9.17) is 14.2 Å². The maximum absolute atomic E-state index is 12.6. The van der Waals surface area contributed by atoms with Gasteiger partial charge in [0.05, 0.1) is 12.2 Å². The first-order valence-corrected chi connectivity index (χ1v) is 17.4. The lowest BCUT2D eigenvalue weighted by Gasteiger charge is -2.16. The number of nitrogens with zero attached hydrogens (tertiary/aromatic N) is 1. The van der Waals surface area contributed by atoms with Gasteiger partial charge in [0.2, 0.25) is 5.52 Å². The van der Waals surface area contributed by atoms with E-state index >= 15 is 0 Å².